The Labute approximate surface area is 106 Å². The van der Waals surface area contributed by atoms with Crippen LogP contribution in [-0.4, -0.2) is 11.1 Å². The van der Waals surface area contributed by atoms with Gasteiger partial charge >= 0.3 is 0 Å². The summed E-state index contributed by atoms with van der Waals surface area (Å²) < 4.78 is 0. The molecule has 0 radical (unpaired) electrons. The molecule has 2 heteroatoms. The lowest BCUT2D eigenvalue weighted by molar-refractivity contribution is -0.115. The third-order valence-electron chi connectivity index (χ3n) is 3.07. The van der Waals surface area contributed by atoms with Crippen molar-refractivity contribution in [2.45, 2.75) is 34.1 Å². The number of hydrogen-bond acceptors (Lipinski definition) is 1. The summed E-state index contributed by atoms with van der Waals surface area (Å²) in [6.07, 6.45) is 6.92. The van der Waals surface area contributed by atoms with Crippen LogP contribution in [-0.2, 0) is 4.79 Å². The molecule has 0 N–H and O–H groups in total. The van der Waals surface area contributed by atoms with E-state index in [2.05, 4.69) is 54.9 Å². The van der Waals surface area contributed by atoms with E-state index in [9.17, 15) is 4.79 Å². The molecule has 1 nitrogen and oxygen atoms in total. The van der Waals surface area contributed by atoms with E-state index in [-0.39, 0.29) is 11.2 Å². The standard InChI is InChI=1S/C14H19BrO/c1-10(7-8-15)5-6-12-11(2)13(16)9-14(12,3)4/h5-7H,8-9H2,1-4H3. The number of Topliss-reactive ketones (excluding diaryl/α,β-unsaturated/α-hetero) is 1. The molecular formula is C14H19BrO. The molecule has 0 aromatic rings. The van der Waals surface area contributed by atoms with Gasteiger partial charge in [-0.3, -0.25) is 4.79 Å². The van der Waals surface area contributed by atoms with Gasteiger partial charge in [0.15, 0.2) is 5.78 Å². The molecule has 1 aliphatic carbocycles. The van der Waals surface area contributed by atoms with Crippen LogP contribution >= 0.6 is 15.9 Å². The molecule has 1 aliphatic rings. The maximum atomic E-state index is 11.7. The van der Waals surface area contributed by atoms with Gasteiger partial charge in [0, 0.05) is 11.8 Å². The summed E-state index contributed by atoms with van der Waals surface area (Å²) in [6, 6.07) is 0. The van der Waals surface area contributed by atoms with Crippen molar-refractivity contribution in [2.24, 2.45) is 5.41 Å². The van der Waals surface area contributed by atoms with Gasteiger partial charge in [-0.1, -0.05) is 53.6 Å². The first-order chi connectivity index (χ1) is 7.38. The molecule has 0 aromatic carbocycles. The van der Waals surface area contributed by atoms with Crippen LogP contribution < -0.4 is 0 Å². The van der Waals surface area contributed by atoms with Gasteiger partial charge in [-0.05, 0) is 30.4 Å². The zero-order valence-electron chi connectivity index (χ0n) is 10.4. The summed E-state index contributed by atoms with van der Waals surface area (Å²) in [5, 5.41) is 0.865. The smallest absolute Gasteiger partial charge is 0.159 e. The first-order valence-corrected chi connectivity index (χ1v) is 6.66. The van der Waals surface area contributed by atoms with Crippen molar-refractivity contribution in [2.75, 3.05) is 5.33 Å². The molecule has 0 aromatic heterocycles. The summed E-state index contributed by atoms with van der Waals surface area (Å²) in [7, 11) is 0. The molecule has 0 spiro atoms. The largest absolute Gasteiger partial charge is 0.295 e. The lowest BCUT2D eigenvalue weighted by Crippen LogP contribution is -2.09. The van der Waals surface area contributed by atoms with Crippen molar-refractivity contribution in [3.63, 3.8) is 0 Å². The van der Waals surface area contributed by atoms with Gasteiger partial charge in [-0.25, -0.2) is 0 Å². The Bertz CT molecular complexity index is 384. The Morgan fingerprint density at radius 2 is 2.12 bits per heavy atom. The zero-order valence-corrected chi connectivity index (χ0v) is 12.0. The highest BCUT2D eigenvalue weighted by Crippen LogP contribution is 2.40. The second-order valence-electron chi connectivity index (χ2n) is 4.96. The van der Waals surface area contributed by atoms with Gasteiger partial charge in [0.25, 0.3) is 0 Å². The fraction of sp³-hybridized carbons (Fsp3) is 0.500. The van der Waals surface area contributed by atoms with Crippen LogP contribution in [0.1, 0.15) is 34.1 Å². The molecule has 0 saturated heterocycles. The van der Waals surface area contributed by atoms with Gasteiger partial charge in [0.1, 0.15) is 0 Å². The highest BCUT2D eigenvalue weighted by molar-refractivity contribution is 9.09. The minimum atomic E-state index is -0.00759. The lowest BCUT2D eigenvalue weighted by Gasteiger charge is -2.19. The molecule has 88 valence electrons. The summed E-state index contributed by atoms with van der Waals surface area (Å²) in [5.41, 5.74) is 3.31. The molecule has 0 fully saturated rings. The Morgan fingerprint density at radius 3 is 2.56 bits per heavy atom. The van der Waals surface area contributed by atoms with Crippen LogP contribution in [0.15, 0.2) is 34.9 Å². The maximum Gasteiger partial charge on any atom is 0.159 e. The number of allylic oxidation sites excluding steroid dienone is 6. The van der Waals surface area contributed by atoms with Crippen molar-refractivity contribution in [3.8, 4) is 0 Å². The van der Waals surface area contributed by atoms with Crippen molar-refractivity contribution in [3.05, 3.63) is 34.9 Å². The van der Waals surface area contributed by atoms with Crippen LogP contribution in [0.25, 0.3) is 0 Å². The number of hydrogen-bond donors (Lipinski definition) is 0. The molecule has 0 unspecified atom stereocenters. The summed E-state index contributed by atoms with van der Waals surface area (Å²) in [5.74, 6) is 0.284. The molecule has 16 heavy (non-hydrogen) atoms. The molecular weight excluding hydrogens is 264 g/mol. The van der Waals surface area contributed by atoms with Crippen molar-refractivity contribution < 1.29 is 4.79 Å². The monoisotopic (exact) mass is 282 g/mol. The fourth-order valence-electron chi connectivity index (χ4n) is 2.04. The minimum absolute atomic E-state index is 0.00759. The van der Waals surface area contributed by atoms with Gasteiger partial charge in [0.05, 0.1) is 0 Å². The molecule has 0 bridgehead atoms. The normalized spacial score (nSPS) is 21.3. The van der Waals surface area contributed by atoms with Crippen LogP contribution in [0.5, 0.6) is 0 Å². The summed E-state index contributed by atoms with van der Waals surface area (Å²) >= 11 is 3.37. The van der Waals surface area contributed by atoms with E-state index >= 15 is 0 Å². The number of carbonyl (C=O) groups is 1. The Balaban J connectivity index is 2.96. The second-order valence-corrected chi connectivity index (χ2v) is 5.61. The molecule has 0 atom stereocenters. The highest BCUT2D eigenvalue weighted by Gasteiger charge is 2.34. The predicted octanol–water partition coefficient (Wildman–Crippen LogP) is 4.20. The summed E-state index contributed by atoms with van der Waals surface area (Å²) in [6.45, 7) is 8.26. The van der Waals surface area contributed by atoms with Crippen molar-refractivity contribution >= 4 is 21.7 Å². The van der Waals surface area contributed by atoms with E-state index in [4.69, 9.17) is 0 Å². The Hall–Kier alpha value is -0.630. The van der Waals surface area contributed by atoms with E-state index < -0.39 is 0 Å². The first-order valence-electron chi connectivity index (χ1n) is 5.54. The average Bonchev–Trinajstić information content (AvgIpc) is 2.34. The van der Waals surface area contributed by atoms with Gasteiger partial charge in [0.2, 0.25) is 0 Å². The number of halogens is 1. The van der Waals surface area contributed by atoms with E-state index in [0.717, 1.165) is 10.9 Å². The Morgan fingerprint density at radius 1 is 1.50 bits per heavy atom. The van der Waals surface area contributed by atoms with Gasteiger partial charge < -0.3 is 0 Å². The minimum Gasteiger partial charge on any atom is -0.295 e. The quantitative estimate of drug-likeness (QED) is 0.560. The van der Waals surface area contributed by atoms with Gasteiger partial charge in [-0.15, -0.1) is 0 Å². The predicted molar refractivity (Wildman–Crippen MR) is 72.8 cm³/mol. The second kappa shape index (κ2) is 5.13. The van der Waals surface area contributed by atoms with E-state index in [1.165, 1.54) is 11.1 Å². The average molecular weight is 283 g/mol. The first kappa shape index (κ1) is 13.4. The lowest BCUT2D eigenvalue weighted by atomic mass is 9.85. The number of rotatable bonds is 3. The molecule has 0 heterocycles. The highest BCUT2D eigenvalue weighted by atomic mass is 79.9. The third-order valence-corrected chi connectivity index (χ3v) is 3.39. The van der Waals surface area contributed by atoms with Crippen LogP contribution in [0.4, 0.5) is 0 Å². The maximum absolute atomic E-state index is 11.7. The molecule has 0 amide bonds. The van der Waals surface area contributed by atoms with E-state index in [1.807, 2.05) is 6.92 Å². The van der Waals surface area contributed by atoms with Crippen molar-refractivity contribution in [1.29, 1.82) is 0 Å². The third kappa shape index (κ3) is 2.94. The molecule has 0 aliphatic heterocycles. The van der Waals surface area contributed by atoms with Crippen molar-refractivity contribution in [1.82, 2.24) is 0 Å². The van der Waals surface area contributed by atoms with Crippen LogP contribution in [0.3, 0.4) is 0 Å². The number of carbonyl (C=O) groups excluding carboxylic acids is 1. The number of ketones is 1. The fourth-order valence-corrected chi connectivity index (χ4v) is 2.55. The zero-order chi connectivity index (χ0) is 12.3. The van der Waals surface area contributed by atoms with Crippen LogP contribution in [0.2, 0.25) is 0 Å². The number of alkyl halides is 1. The SMILES string of the molecule is CC(C=CC1=C(C)C(=O)CC1(C)C)=CCBr. The van der Waals surface area contributed by atoms with Crippen LogP contribution in [0, 0.1) is 5.41 Å². The topological polar surface area (TPSA) is 17.1 Å². The van der Waals surface area contributed by atoms with Gasteiger partial charge in [-0.2, -0.15) is 0 Å². The molecule has 1 rings (SSSR count). The molecule has 0 saturated carbocycles. The van der Waals surface area contributed by atoms with E-state index in [0.29, 0.717) is 6.42 Å². The Kier molecular flexibility index (Phi) is 4.31. The van der Waals surface area contributed by atoms with E-state index in [1.54, 1.807) is 0 Å². The summed E-state index contributed by atoms with van der Waals surface area (Å²) in [4.78, 5) is 11.7.